The summed E-state index contributed by atoms with van der Waals surface area (Å²) in [4.78, 5) is 40.1. The molecule has 4 rings (SSSR count). The van der Waals surface area contributed by atoms with Crippen LogP contribution in [-0.4, -0.2) is 59.3 Å². The van der Waals surface area contributed by atoms with Crippen molar-refractivity contribution in [2.45, 2.75) is 31.9 Å². The minimum atomic E-state index is -1.80. The third-order valence-electron chi connectivity index (χ3n) is 5.87. The van der Waals surface area contributed by atoms with Crippen molar-refractivity contribution in [1.82, 2.24) is 10.2 Å². The lowest BCUT2D eigenvalue weighted by molar-refractivity contribution is -0.258. The summed E-state index contributed by atoms with van der Waals surface area (Å²) in [5.74, 6) is -1.85. The van der Waals surface area contributed by atoms with Crippen LogP contribution in [-0.2, 0) is 41.6 Å². The fraction of sp³-hybridized carbons (Fsp3) is 0.320. The van der Waals surface area contributed by atoms with Crippen molar-refractivity contribution in [3.8, 4) is 5.75 Å². The van der Waals surface area contributed by atoms with E-state index in [-0.39, 0.29) is 37.0 Å². The minimum Gasteiger partial charge on any atom is -0.508 e. The molecule has 0 aliphatic carbocycles. The van der Waals surface area contributed by atoms with E-state index < -0.39 is 29.7 Å². The summed E-state index contributed by atoms with van der Waals surface area (Å²) in [7, 11) is 1.27. The van der Waals surface area contributed by atoms with E-state index in [1.165, 1.54) is 19.2 Å². The first kappa shape index (κ1) is 24.7. The molecule has 2 amide bonds. The van der Waals surface area contributed by atoms with Crippen LogP contribution in [0.4, 0.5) is 0 Å². The van der Waals surface area contributed by atoms with Crippen LogP contribution in [0.1, 0.15) is 16.7 Å². The Morgan fingerprint density at radius 1 is 1.23 bits per heavy atom. The molecule has 0 unspecified atom stereocenters. The van der Waals surface area contributed by atoms with Gasteiger partial charge in [-0.15, -0.1) is 11.6 Å². The number of fused-ring (bicyclic) bond motifs is 1. The van der Waals surface area contributed by atoms with Gasteiger partial charge >= 0.3 is 5.97 Å². The number of esters is 1. The SMILES string of the molecule is CO[C@@]1(NC(=O)Cc2ccc(O)cc2)C(=O)N2C(C(=O)OCc3cccc(C)c3)=C(CCl)CO[C@@H]21. The van der Waals surface area contributed by atoms with Gasteiger partial charge in [0.05, 0.1) is 13.0 Å². The summed E-state index contributed by atoms with van der Waals surface area (Å²) in [6, 6.07) is 13.6. The van der Waals surface area contributed by atoms with Gasteiger partial charge in [0.2, 0.25) is 5.91 Å². The number of halogens is 1. The molecule has 1 saturated heterocycles. The number of β-lactam (4-membered cyclic amide) rings is 1. The molecule has 35 heavy (non-hydrogen) atoms. The quantitative estimate of drug-likeness (QED) is 0.247. The topological polar surface area (TPSA) is 114 Å². The monoisotopic (exact) mass is 500 g/mol. The van der Waals surface area contributed by atoms with Gasteiger partial charge in [0.15, 0.2) is 6.23 Å². The number of benzene rings is 2. The normalized spacial score (nSPS) is 21.3. The third-order valence-corrected chi connectivity index (χ3v) is 6.19. The fourth-order valence-corrected chi connectivity index (χ4v) is 4.31. The van der Waals surface area contributed by atoms with E-state index in [4.69, 9.17) is 25.8 Å². The van der Waals surface area contributed by atoms with Crippen LogP contribution in [0.5, 0.6) is 5.75 Å². The molecule has 1 fully saturated rings. The summed E-state index contributed by atoms with van der Waals surface area (Å²) in [6.07, 6.45) is -1.13. The molecule has 0 aromatic heterocycles. The molecule has 2 aromatic carbocycles. The highest BCUT2D eigenvalue weighted by atomic mass is 35.5. The number of phenols is 1. The zero-order valence-electron chi connectivity index (χ0n) is 19.2. The number of amides is 2. The molecule has 0 radical (unpaired) electrons. The second-order valence-electron chi connectivity index (χ2n) is 8.32. The predicted octanol–water partition coefficient (Wildman–Crippen LogP) is 2.14. The number of phenolic OH excluding ortho intramolecular Hbond substituents is 1. The Labute approximate surface area is 207 Å². The molecule has 0 spiro atoms. The molecule has 2 aliphatic heterocycles. The third kappa shape index (κ3) is 4.75. The van der Waals surface area contributed by atoms with E-state index in [2.05, 4.69) is 5.32 Å². The highest BCUT2D eigenvalue weighted by Gasteiger charge is 2.67. The highest BCUT2D eigenvalue weighted by molar-refractivity contribution is 6.20. The Bertz CT molecular complexity index is 1180. The van der Waals surface area contributed by atoms with Crippen molar-refractivity contribution in [2.24, 2.45) is 0 Å². The Morgan fingerprint density at radius 3 is 2.63 bits per heavy atom. The lowest BCUT2D eigenvalue weighted by Gasteiger charge is -2.55. The van der Waals surface area contributed by atoms with Gasteiger partial charge in [-0.25, -0.2) is 4.79 Å². The second-order valence-corrected chi connectivity index (χ2v) is 8.59. The first-order valence-corrected chi connectivity index (χ1v) is 11.4. The zero-order valence-corrected chi connectivity index (χ0v) is 20.0. The van der Waals surface area contributed by atoms with Crippen LogP contribution in [0.3, 0.4) is 0 Å². The number of carbonyl (C=O) groups excluding carboxylic acids is 3. The van der Waals surface area contributed by atoms with E-state index in [0.29, 0.717) is 11.1 Å². The number of hydrogen-bond acceptors (Lipinski definition) is 7. The molecule has 2 aliphatic rings. The first-order valence-electron chi connectivity index (χ1n) is 10.9. The van der Waals surface area contributed by atoms with Gasteiger partial charge in [0.1, 0.15) is 18.1 Å². The van der Waals surface area contributed by atoms with E-state index in [0.717, 1.165) is 16.0 Å². The maximum Gasteiger partial charge on any atom is 0.355 e. The summed E-state index contributed by atoms with van der Waals surface area (Å²) in [5.41, 5.74) is 1.05. The van der Waals surface area contributed by atoms with Gasteiger partial charge in [-0.3, -0.25) is 14.5 Å². The standard InChI is InChI=1S/C25H25ClN2O7/c1-15-4-3-5-17(10-15)13-34-22(31)21-18(12-26)14-35-24-25(33-2,23(32)28(21)24)27-20(30)11-16-6-8-19(29)9-7-16/h3-10,24,29H,11-14H2,1-2H3,(H,27,30)/t24-,25+/m1/s1. The zero-order chi connectivity index (χ0) is 25.2. The van der Waals surface area contributed by atoms with Crippen LogP contribution < -0.4 is 5.32 Å². The first-order chi connectivity index (χ1) is 16.8. The van der Waals surface area contributed by atoms with Crippen molar-refractivity contribution in [3.63, 3.8) is 0 Å². The number of aromatic hydroxyl groups is 1. The lowest BCUT2D eigenvalue weighted by atomic mass is 9.94. The number of hydrogen-bond donors (Lipinski definition) is 2. The molecule has 2 aromatic rings. The van der Waals surface area contributed by atoms with Crippen molar-refractivity contribution < 1.29 is 33.7 Å². The largest absolute Gasteiger partial charge is 0.508 e. The van der Waals surface area contributed by atoms with Gasteiger partial charge in [0.25, 0.3) is 11.6 Å². The van der Waals surface area contributed by atoms with Crippen molar-refractivity contribution in [2.75, 3.05) is 19.6 Å². The van der Waals surface area contributed by atoms with Gasteiger partial charge in [-0.05, 0) is 30.2 Å². The average Bonchev–Trinajstić information content (AvgIpc) is 2.86. The molecule has 0 saturated carbocycles. The maximum atomic E-state index is 13.3. The number of methoxy groups -OCH3 is 1. The molecule has 2 heterocycles. The molecule has 10 heteroatoms. The molecular formula is C25H25ClN2O7. The van der Waals surface area contributed by atoms with Crippen LogP contribution in [0.2, 0.25) is 0 Å². The Morgan fingerprint density at radius 2 is 1.97 bits per heavy atom. The van der Waals surface area contributed by atoms with Gasteiger partial charge in [0, 0.05) is 18.6 Å². The number of rotatable bonds is 8. The molecule has 0 bridgehead atoms. The lowest BCUT2D eigenvalue weighted by Crippen LogP contribution is -2.82. The van der Waals surface area contributed by atoms with E-state index >= 15 is 0 Å². The van der Waals surface area contributed by atoms with Crippen LogP contribution >= 0.6 is 11.6 Å². The Kier molecular flexibility index (Phi) is 7.11. The second kappa shape index (κ2) is 10.1. The summed E-state index contributed by atoms with van der Waals surface area (Å²) in [5, 5.41) is 12.0. The summed E-state index contributed by atoms with van der Waals surface area (Å²) >= 11 is 6.03. The van der Waals surface area contributed by atoms with Gasteiger partial charge in [-0.1, -0.05) is 42.0 Å². The van der Waals surface area contributed by atoms with Crippen LogP contribution in [0, 0.1) is 6.92 Å². The van der Waals surface area contributed by atoms with E-state index in [1.807, 2.05) is 31.2 Å². The molecule has 2 N–H and O–H groups in total. The van der Waals surface area contributed by atoms with Gasteiger partial charge in [-0.2, -0.15) is 0 Å². The molecule has 9 nitrogen and oxygen atoms in total. The van der Waals surface area contributed by atoms with E-state index in [9.17, 15) is 19.5 Å². The van der Waals surface area contributed by atoms with Gasteiger partial charge < -0.3 is 24.6 Å². The van der Waals surface area contributed by atoms with Crippen molar-refractivity contribution in [3.05, 3.63) is 76.5 Å². The Balaban J connectivity index is 1.50. The van der Waals surface area contributed by atoms with Crippen molar-refractivity contribution >= 4 is 29.4 Å². The number of aryl methyl sites for hydroxylation is 1. The molecular weight excluding hydrogens is 476 g/mol. The smallest absolute Gasteiger partial charge is 0.355 e. The van der Waals surface area contributed by atoms with E-state index in [1.54, 1.807) is 12.1 Å². The summed E-state index contributed by atoms with van der Waals surface area (Å²) < 4.78 is 16.7. The number of ether oxygens (including phenoxy) is 3. The predicted molar refractivity (Wildman–Crippen MR) is 125 cm³/mol. The number of nitrogens with zero attached hydrogens (tertiary/aromatic N) is 1. The minimum absolute atomic E-state index is 0.00522. The highest BCUT2D eigenvalue weighted by Crippen LogP contribution is 2.41. The van der Waals surface area contributed by atoms with Crippen molar-refractivity contribution in [1.29, 1.82) is 0 Å². The number of nitrogens with one attached hydrogen (secondary N) is 1. The molecule has 184 valence electrons. The molecule has 2 atom stereocenters. The average molecular weight is 501 g/mol. The summed E-state index contributed by atoms with van der Waals surface area (Å²) in [6.45, 7) is 1.92. The number of carbonyl (C=O) groups is 3. The van der Waals surface area contributed by atoms with Crippen LogP contribution in [0.25, 0.3) is 0 Å². The fourth-order valence-electron chi connectivity index (χ4n) is 4.10. The van der Waals surface area contributed by atoms with Crippen LogP contribution in [0.15, 0.2) is 59.8 Å². The number of alkyl halides is 1. The maximum absolute atomic E-state index is 13.3. The Hall–Kier alpha value is -3.40.